The van der Waals surface area contributed by atoms with Gasteiger partial charge >= 0.3 is 0 Å². The van der Waals surface area contributed by atoms with E-state index < -0.39 is 0 Å². The molecule has 2 aromatic carbocycles. The molecule has 0 saturated heterocycles. The molecule has 0 bridgehead atoms. The highest BCUT2D eigenvalue weighted by molar-refractivity contribution is 14.0. The second-order valence-corrected chi connectivity index (χ2v) is 6.44. The molecule has 0 amide bonds. The first-order valence-electron chi connectivity index (χ1n) is 8.91. The van der Waals surface area contributed by atoms with Gasteiger partial charge in [0.15, 0.2) is 5.96 Å². The first kappa shape index (κ1) is 22.2. The van der Waals surface area contributed by atoms with Crippen LogP contribution >= 0.6 is 35.6 Å². The second kappa shape index (κ2) is 11.7. The molecule has 148 valence electrons. The predicted molar refractivity (Wildman–Crippen MR) is 127 cm³/mol. The number of halogens is 2. The maximum atomic E-state index is 5.85. The molecule has 3 aromatic rings. The number of fused-ring (bicyclic) bond motifs is 1. The number of nitrogens with one attached hydrogen (secondary N) is 2. The van der Waals surface area contributed by atoms with E-state index in [0.717, 1.165) is 30.2 Å². The highest BCUT2D eigenvalue weighted by Crippen LogP contribution is 2.20. The summed E-state index contributed by atoms with van der Waals surface area (Å²) >= 11 is 5.79. The topological polar surface area (TPSA) is 58.5 Å². The highest BCUT2D eigenvalue weighted by atomic mass is 127. The second-order valence-electron chi connectivity index (χ2n) is 6.05. The molecule has 5 nitrogen and oxygen atoms in total. The summed E-state index contributed by atoms with van der Waals surface area (Å²) in [6.07, 6.45) is 2.62. The third-order valence-corrected chi connectivity index (χ3v) is 4.30. The average Bonchev–Trinajstić information content (AvgIpc) is 2.71. The number of guanidine groups is 1. The molecule has 0 atom stereocenters. The summed E-state index contributed by atoms with van der Waals surface area (Å²) in [5.74, 6) is 1.64. The number of rotatable bonds is 7. The number of benzene rings is 2. The minimum atomic E-state index is 0. The summed E-state index contributed by atoms with van der Waals surface area (Å²) in [6.45, 7) is 2.05. The zero-order valence-corrected chi connectivity index (χ0v) is 18.8. The molecule has 0 aliphatic rings. The van der Waals surface area contributed by atoms with Gasteiger partial charge in [0.05, 0.1) is 6.61 Å². The Balaban J connectivity index is 0.00000280. The van der Waals surface area contributed by atoms with Crippen molar-refractivity contribution in [2.75, 3.05) is 20.2 Å². The van der Waals surface area contributed by atoms with E-state index in [2.05, 4.69) is 44.9 Å². The molecule has 7 heteroatoms. The maximum absolute atomic E-state index is 5.85. The molecule has 0 unspecified atom stereocenters. The van der Waals surface area contributed by atoms with Crippen LogP contribution in [-0.2, 0) is 6.54 Å². The van der Waals surface area contributed by atoms with Gasteiger partial charge in [-0.1, -0.05) is 48.0 Å². The fourth-order valence-corrected chi connectivity index (χ4v) is 2.76. The van der Waals surface area contributed by atoms with E-state index in [1.807, 2.05) is 24.3 Å². The van der Waals surface area contributed by atoms with Gasteiger partial charge in [-0.3, -0.25) is 4.99 Å². The van der Waals surface area contributed by atoms with Crippen molar-refractivity contribution >= 4 is 52.3 Å². The van der Waals surface area contributed by atoms with E-state index >= 15 is 0 Å². The van der Waals surface area contributed by atoms with Crippen LogP contribution in [0.3, 0.4) is 0 Å². The lowest BCUT2D eigenvalue weighted by Gasteiger charge is -2.12. The molecular weight excluding hydrogens is 487 g/mol. The first-order valence-corrected chi connectivity index (χ1v) is 9.29. The van der Waals surface area contributed by atoms with Crippen molar-refractivity contribution in [3.05, 3.63) is 71.5 Å². The number of aliphatic imine (C=N–C) groups is 1. The Kier molecular flexibility index (Phi) is 9.30. The lowest BCUT2D eigenvalue weighted by molar-refractivity contribution is 0.311. The molecule has 1 aromatic heterocycles. The summed E-state index contributed by atoms with van der Waals surface area (Å²) in [4.78, 5) is 8.28. The number of hydrogen-bond donors (Lipinski definition) is 2. The van der Waals surface area contributed by atoms with Crippen molar-refractivity contribution in [1.29, 1.82) is 0 Å². The van der Waals surface area contributed by atoms with Gasteiger partial charge in [-0.25, -0.2) is 4.98 Å². The van der Waals surface area contributed by atoms with Gasteiger partial charge in [0.2, 0.25) is 0 Å². The lowest BCUT2D eigenvalue weighted by atomic mass is 10.1. The first-order chi connectivity index (χ1) is 13.2. The van der Waals surface area contributed by atoms with Crippen molar-refractivity contribution in [2.45, 2.75) is 13.0 Å². The van der Waals surface area contributed by atoms with Crippen LogP contribution < -0.4 is 15.4 Å². The number of aromatic nitrogens is 1. The Labute approximate surface area is 187 Å². The Bertz CT molecular complexity index is 902. The summed E-state index contributed by atoms with van der Waals surface area (Å²) < 4.78 is 5.85. The number of pyridine rings is 1. The molecule has 0 saturated carbocycles. The van der Waals surface area contributed by atoms with Crippen LogP contribution in [0.4, 0.5) is 0 Å². The van der Waals surface area contributed by atoms with Crippen LogP contribution in [-0.4, -0.2) is 31.1 Å². The summed E-state index contributed by atoms with van der Waals surface area (Å²) in [6, 6.07) is 18.1. The molecular formula is C21H24ClIN4O. The van der Waals surface area contributed by atoms with Crippen molar-refractivity contribution in [1.82, 2.24) is 15.6 Å². The number of nitrogens with zero attached hydrogens (tertiary/aromatic N) is 2. The van der Waals surface area contributed by atoms with E-state index in [-0.39, 0.29) is 24.0 Å². The van der Waals surface area contributed by atoms with Crippen LogP contribution in [0.5, 0.6) is 5.75 Å². The Hall–Kier alpha value is -2.06. The zero-order valence-electron chi connectivity index (χ0n) is 15.7. The van der Waals surface area contributed by atoms with Gasteiger partial charge in [0.1, 0.15) is 10.9 Å². The van der Waals surface area contributed by atoms with Crippen LogP contribution in [0.2, 0.25) is 5.15 Å². The Morgan fingerprint density at radius 1 is 1.07 bits per heavy atom. The van der Waals surface area contributed by atoms with E-state index in [1.165, 1.54) is 10.8 Å². The molecule has 0 fully saturated rings. The highest BCUT2D eigenvalue weighted by Gasteiger charge is 2.00. The Morgan fingerprint density at radius 2 is 1.89 bits per heavy atom. The summed E-state index contributed by atoms with van der Waals surface area (Å²) in [5.41, 5.74) is 1.04. The minimum absolute atomic E-state index is 0. The third-order valence-electron chi connectivity index (χ3n) is 4.08. The molecule has 0 radical (unpaired) electrons. The molecule has 0 aliphatic carbocycles. The fourth-order valence-electron chi connectivity index (χ4n) is 2.64. The Morgan fingerprint density at radius 3 is 2.64 bits per heavy atom. The molecule has 2 N–H and O–H groups in total. The monoisotopic (exact) mass is 510 g/mol. The standard InChI is InChI=1S/C21H23ClN4O.HI/c1-23-21(26-15-16-7-10-20(22)25-14-16)24-11-4-12-27-19-9-8-17-5-2-3-6-18(17)13-19;/h2-3,5-10,13-14H,4,11-12,15H2,1H3,(H2,23,24,26);1H. The van der Waals surface area contributed by atoms with Crippen molar-refractivity contribution in [3.8, 4) is 5.75 Å². The van der Waals surface area contributed by atoms with E-state index in [9.17, 15) is 0 Å². The van der Waals surface area contributed by atoms with Crippen molar-refractivity contribution in [2.24, 2.45) is 4.99 Å². The smallest absolute Gasteiger partial charge is 0.191 e. The van der Waals surface area contributed by atoms with Gasteiger partial charge < -0.3 is 15.4 Å². The van der Waals surface area contributed by atoms with E-state index in [4.69, 9.17) is 16.3 Å². The number of ether oxygens (including phenoxy) is 1. The van der Waals surface area contributed by atoms with Crippen molar-refractivity contribution < 1.29 is 4.74 Å². The van der Waals surface area contributed by atoms with E-state index in [1.54, 1.807) is 19.3 Å². The van der Waals surface area contributed by atoms with Crippen LogP contribution in [0.15, 0.2) is 65.8 Å². The van der Waals surface area contributed by atoms with E-state index in [0.29, 0.717) is 18.3 Å². The average molecular weight is 511 g/mol. The lowest BCUT2D eigenvalue weighted by Crippen LogP contribution is -2.37. The van der Waals surface area contributed by atoms with Gasteiger partial charge in [-0.05, 0) is 41.0 Å². The van der Waals surface area contributed by atoms with Crippen LogP contribution in [0, 0.1) is 0 Å². The summed E-state index contributed by atoms with van der Waals surface area (Å²) in [7, 11) is 1.75. The normalized spacial score (nSPS) is 11.0. The molecule has 28 heavy (non-hydrogen) atoms. The third kappa shape index (κ3) is 6.83. The molecule has 0 aliphatic heterocycles. The molecule has 1 heterocycles. The van der Waals surface area contributed by atoms with Crippen LogP contribution in [0.25, 0.3) is 10.8 Å². The van der Waals surface area contributed by atoms with Gasteiger partial charge in [0.25, 0.3) is 0 Å². The minimum Gasteiger partial charge on any atom is -0.494 e. The molecule has 0 spiro atoms. The zero-order chi connectivity index (χ0) is 18.9. The largest absolute Gasteiger partial charge is 0.494 e. The SMILES string of the molecule is CN=C(NCCCOc1ccc2ccccc2c1)NCc1ccc(Cl)nc1.I. The predicted octanol–water partition coefficient (Wildman–Crippen LogP) is 4.64. The fraction of sp³-hybridized carbons (Fsp3) is 0.238. The number of hydrogen-bond acceptors (Lipinski definition) is 3. The van der Waals surface area contributed by atoms with Crippen LogP contribution in [0.1, 0.15) is 12.0 Å². The maximum Gasteiger partial charge on any atom is 0.191 e. The van der Waals surface area contributed by atoms with Gasteiger partial charge in [-0.15, -0.1) is 24.0 Å². The molecule has 3 rings (SSSR count). The van der Waals surface area contributed by atoms with Gasteiger partial charge in [-0.2, -0.15) is 0 Å². The summed E-state index contributed by atoms with van der Waals surface area (Å²) in [5, 5.41) is 9.43. The van der Waals surface area contributed by atoms with Gasteiger partial charge in [0, 0.05) is 26.3 Å². The van der Waals surface area contributed by atoms with Crippen molar-refractivity contribution in [3.63, 3.8) is 0 Å². The quantitative estimate of drug-likeness (QED) is 0.160.